The fourth-order valence-electron chi connectivity index (χ4n) is 2.03. The molecule has 1 N–H and O–H groups in total. The van der Waals surface area contributed by atoms with Crippen LogP contribution in [0.1, 0.15) is 52.0 Å². The van der Waals surface area contributed by atoms with Gasteiger partial charge in [0.25, 0.3) is 10.1 Å². The van der Waals surface area contributed by atoms with Crippen molar-refractivity contribution < 1.29 is 22.1 Å². The molecule has 0 heterocycles. The number of amides is 1. The van der Waals surface area contributed by atoms with Crippen LogP contribution in [0, 0.1) is 6.92 Å². The molecule has 1 aromatic carbocycles. The molecular weight excluding hydrogens is 342 g/mol. The molecule has 0 spiro atoms. The number of unbranched alkanes of at least 4 members (excludes halogenated alkanes) is 3. The summed E-state index contributed by atoms with van der Waals surface area (Å²) in [6.45, 7) is 8.05. The Morgan fingerprint density at radius 1 is 1.04 bits per heavy atom. The molecule has 25 heavy (non-hydrogen) atoms. The van der Waals surface area contributed by atoms with Gasteiger partial charge < -0.3 is 10.1 Å². The first-order valence-corrected chi connectivity index (χ1v) is 9.94. The summed E-state index contributed by atoms with van der Waals surface area (Å²) in [6, 6.07) is 6.59. The van der Waals surface area contributed by atoms with Gasteiger partial charge in [-0.1, -0.05) is 30.5 Å². The van der Waals surface area contributed by atoms with E-state index >= 15 is 0 Å². The highest BCUT2D eigenvalue weighted by molar-refractivity contribution is 7.86. The molecule has 1 aromatic rings. The molecule has 0 aliphatic heterocycles. The summed E-state index contributed by atoms with van der Waals surface area (Å²) in [5, 5.41) is 2.69. The number of carbonyl (C=O) groups excluding carboxylic acids is 1. The lowest BCUT2D eigenvalue weighted by molar-refractivity contribution is 0.0527. The van der Waals surface area contributed by atoms with Gasteiger partial charge in [-0.15, -0.1) is 0 Å². The van der Waals surface area contributed by atoms with Crippen molar-refractivity contribution in [3.05, 3.63) is 29.8 Å². The minimum atomic E-state index is -3.68. The number of alkyl carbamates (subject to hydrolysis) is 1. The van der Waals surface area contributed by atoms with E-state index in [1.165, 1.54) is 0 Å². The highest BCUT2D eigenvalue weighted by Crippen LogP contribution is 2.14. The third kappa shape index (κ3) is 9.45. The monoisotopic (exact) mass is 371 g/mol. The van der Waals surface area contributed by atoms with Gasteiger partial charge in [0.15, 0.2) is 0 Å². The summed E-state index contributed by atoms with van der Waals surface area (Å²) in [6.07, 6.45) is 2.75. The minimum absolute atomic E-state index is 0.162. The van der Waals surface area contributed by atoms with Crippen molar-refractivity contribution in [1.82, 2.24) is 5.32 Å². The van der Waals surface area contributed by atoms with Gasteiger partial charge in [-0.25, -0.2) is 4.79 Å². The average Bonchev–Trinajstić information content (AvgIpc) is 2.48. The first kappa shape index (κ1) is 21.4. The van der Waals surface area contributed by atoms with E-state index in [1.54, 1.807) is 24.3 Å². The van der Waals surface area contributed by atoms with Crippen molar-refractivity contribution in [1.29, 1.82) is 0 Å². The molecule has 7 heteroatoms. The summed E-state index contributed by atoms with van der Waals surface area (Å²) in [5.74, 6) is 0. The Kier molecular flexibility index (Phi) is 8.38. The summed E-state index contributed by atoms with van der Waals surface area (Å²) in [5.41, 5.74) is 0.503. The fourth-order valence-corrected chi connectivity index (χ4v) is 2.97. The second kappa shape index (κ2) is 9.77. The van der Waals surface area contributed by atoms with Crippen molar-refractivity contribution in [2.24, 2.45) is 0 Å². The predicted octanol–water partition coefficient (Wildman–Crippen LogP) is 3.79. The zero-order valence-corrected chi connectivity index (χ0v) is 16.3. The molecular formula is C18H29NO5S. The number of hydrogen-bond acceptors (Lipinski definition) is 5. The van der Waals surface area contributed by atoms with E-state index in [0.29, 0.717) is 13.0 Å². The van der Waals surface area contributed by atoms with E-state index in [2.05, 4.69) is 5.32 Å². The highest BCUT2D eigenvalue weighted by atomic mass is 32.2. The smallest absolute Gasteiger partial charge is 0.407 e. The van der Waals surface area contributed by atoms with E-state index < -0.39 is 21.8 Å². The number of nitrogens with one attached hydrogen (secondary N) is 1. The molecule has 0 atom stereocenters. The summed E-state index contributed by atoms with van der Waals surface area (Å²) >= 11 is 0. The number of rotatable bonds is 9. The Morgan fingerprint density at radius 3 is 2.24 bits per heavy atom. The van der Waals surface area contributed by atoms with Crippen molar-refractivity contribution in [3.63, 3.8) is 0 Å². The van der Waals surface area contributed by atoms with Gasteiger partial charge in [0.05, 0.1) is 11.5 Å². The van der Waals surface area contributed by atoms with Crippen LogP contribution in [0.15, 0.2) is 29.2 Å². The maximum Gasteiger partial charge on any atom is 0.407 e. The number of aryl methyl sites for hydroxylation is 1. The Hall–Kier alpha value is -1.60. The molecule has 1 rings (SSSR count). The third-order valence-electron chi connectivity index (χ3n) is 3.29. The van der Waals surface area contributed by atoms with Crippen LogP contribution < -0.4 is 5.32 Å². The van der Waals surface area contributed by atoms with Crippen LogP contribution in [0.25, 0.3) is 0 Å². The summed E-state index contributed by atoms with van der Waals surface area (Å²) in [7, 11) is -3.68. The fraction of sp³-hybridized carbons (Fsp3) is 0.611. The van der Waals surface area contributed by atoms with Gasteiger partial charge >= 0.3 is 6.09 Å². The summed E-state index contributed by atoms with van der Waals surface area (Å²) in [4.78, 5) is 11.6. The molecule has 1 amide bonds. The predicted molar refractivity (Wildman–Crippen MR) is 97.0 cm³/mol. The second-order valence-electron chi connectivity index (χ2n) is 6.93. The lowest BCUT2D eigenvalue weighted by Crippen LogP contribution is -2.32. The zero-order valence-electron chi connectivity index (χ0n) is 15.5. The van der Waals surface area contributed by atoms with Crippen molar-refractivity contribution in [3.8, 4) is 0 Å². The minimum Gasteiger partial charge on any atom is -0.444 e. The standard InChI is InChI=1S/C18H29NO5S/c1-15-9-11-16(12-10-15)25(21,22)23-14-8-6-5-7-13-19-17(20)24-18(2,3)4/h9-12H,5-8,13-14H2,1-4H3,(H,19,20). The van der Waals surface area contributed by atoms with Crippen LogP contribution >= 0.6 is 0 Å². The Labute approximate surface area is 151 Å². The number of hydrogen-bond donors (Lipinski definition) is 1. The van der Waals surface area contributed by atoms with E-state index in [9.17, 15) is 13.2 Å². The van der Waals surface area contributed by atoms with Gasteiger partial charge in [0.2, 0.25) is 0 Å². The number of ether oxygens (including phenoxy) is 1. The van der Waals surface area contributed by atoms with E-state index in [1.807, 2.05) is 27.7 Å². The largest absolute Gasteiger partial charge is 0.444 e. The van der Waals surface area contributed by atoms with Gasteiger partial charge in [-0.2, -0.15) is 8.42 Å². The Balaban J connectivity index is 2.12. The van der Waals surface area contributed by atoms with Gasteiger partial charge in [0.1, 0.15) is 5.60 Å². The molecule has 0 saturated heterocycles. The third-order valence-corrected chi connectivity index (χ3v) is 4.61. The van der Waals surface area contributed by atoms with E-state index in [-0.39, 0.29) is 11.5 Å². The normalized spacial score (nSPS) is 12.0. The van der Waals surface area contributed by atoms with Crippen LogP contribution in [0.5, 0.6) is 0 Å². The van der Waals surface area contributed by atoms with E-state index in [4.69, 9.17) is 8.92 Å². The van der Waals surface area contributed by atoms with E-state index in [0.717, 1.165) is 24.8 Å². The highest BCUT2D eigenvalue weighted by Gasteiger charge is 2.15. The molecule has 0 unspecified atom stereocenters. The Morgan fingerprint density at radius 2 is 1.64 bits per heavy atom. The van der Waals surface area contributed by atoms with Crippen LogP contribution in [0.4, 0.5) is 4.79 Å². The first-order chi connectivity index (χ1) is 11.6. The second-order valence-corrected chi connectivity index (χ2v) is 8.55. The lowest BCUT2D eigenvalue weighted by Gasteiger charge is -2.19. The van der Waals surface area contributed by atoms with Crippen LogP contribution in [-0.4, -0.2) is 33.3 Å². The molecule has 0 aromatic heterocycles. The quantitative estimate of drug-likeness (QED) is 0.528. The SMILES string of the molecule is Cc1ccc(S(=O)(=O)OCCCCCCNC(=O)OC(C)(C)C)cc1. The zero-order chi connectivity index (χ0) is 18.9. The molecule has 0 fully saturated rings. The molecule has 0 saturated carbocycles. The molecule has 0 aliphatic carbocycles. The molecule has 0 aliphatic rings. The van der Waals surface area contributed by atoms with Crippen molar-refractivity contribution in [2.45, 2.75) is 63.9 Å². The molecule has 142 valence electrons. The van der Waals surface area contributed by atoms with Gasteiger partial charge in [-0.05, 0) is 52.7 Å². The van der Waals surface area contributed by atoms with Crippen LogP contribution in [0.2, 0.25) is 0 Å². The topological polar surface area (TPSA) is 81.7 Å². The first-order valence-electron chi connectivity index (χ1n) is 8.53. The van der Waals surface area contributed by atoms with Gasteiger partial charge in [-0.3, -0.25) is 4.18 Å². The van der Waals surface area contributed by atoms with Crippen molar-refractivity contribution in [2.75, 3.05) is 13.2 Å². The van der Waals surface area contributed by atoms with Gasteiger partial charge in [0, 0.05) is 6.54 Å². The number of benzene rings is 1. The van der Waals surface area contributed by atoms with Crippen LogP contribution in [-0.2, 0) is 19.0 Å². The molecule has 0 bridgehead atoms. The maximum absolute atomic E-state index is 12.0. The maximum atomic E-state index is 12.0. The lowest BCUT2D eigenvalue weighted by atomic mass is 10.2. The van der Waals surface area contributed by atoms with Crippen LogP contribution in [0.3, 0.4) is 0 Å². The molecule has 0 radical (unpaired) electrons. The summed E-state index contributed by atoms with van der Waals surface area (Å²) < 4.78 is 34.1. The van der Waals surface area contributed by atoms with Crippen molar-refractivity contribution >= 4 is 16.2 Å². The Bertz CT molecular complexity index is 632. The number of carbonyl (C=O) groups is 1. The average molecular weight is 371 g/mol. The molecule has 6 nitrogen and oxygen atoms in total.